The molecule has 0 bridgehead atoms. The summed E-state index contributed by atoms with van der Waals surface area (Å²) in [5.74, 6) is -0.258. The summed E-state index contributed by atoms with van der Waals surface area (Å²) in [7, 11) is 0. The summed E-state index contributed by atoms with van der Waals surface area (Å²) in [5, 5.41) is 0. The summed E-state index contributed by atoms with van der Waals surface area (Å²) in [6, 6.07) is 3.69. The summed E-state index contributed by atoms with van der Waals surface area (Å²) in [4.78, 5) is 12.3. The zero-order valence-corrected chi connectivity index (χ0v) is 9.95. The Balaban J connectivity index is 2.60. The first kappa shape index (κ1) is 11.4. The molecular formula is C12H13FN4. The number of hydrogen-bond acceptors (Lipinski definition) is 4. The van der Waals surface area contributed by atoms with Gasteiger partial charge in [0.15, 0.2) is 17.5 Å². The molecule has 0 aliphatic carbocycles. The van der Waals surface area contributed by atoms with Gasteiger partial charge in [0.25, 0.3) is 0 Å². The summed E-state index contributed by atoms with van der Waals surface area (Å²) in [5.41, 5.74) is 8.27. The second-order valence-corrected chi connectivity index (χ2v) is 3.97. The molecule has 5 heteroatoms. The minimum atomic E-state index is -0.559. The van der Waals surface area contributed by atoms with E-state index in [4.69, 9.17) is 5.73 Å². The molecule has 0 radical (unpaired) electrons. The van der Waals surface area contributed by atoms with Crippen LogP contribution in [0.5, 0.6) is 0 Å². The van der Waals surface area contributed by atoms with Crippen LogP contribution in [0.3, 0.4) is 0 Å². The molecule has 2 aromatic rings. The van der Waals surface area contributed by atoms with Crippen LogP contribution >= 0.6 is 0 Å². The largest absolute Gasteiger partial charge is 0.381 e. The quantitative estimate of drug-likeness (QED) is 0.818. The molecule has 0 saturated carbocycles. The molecule has 0 aliphatic heterocycles. The van der Waals surface area contributed by atoms with Crippen LogP contribution < -0.4 is 5.73 Å². The van der Waals surface area contributed by atoms with E-state index in [1.54, 1.807) is 6.92 Å². The lowest BCUT2D eigenvalue weighted by atomic mass is 10.2. The van der Waals surface area contributed by atoms with Crippen molar-refractivity contribution in [2.75, 3.05) is 5.73 Å². The number of rotatable bonds is 1. The van der Waals surface area contributed by atoms with Gasteiger partial charge in [0.05, 0.1) is 5.69 Å². The molecule has 2 heterocycles. The van der Waals surface area contributed by atoms with Crippen LogP contribution in [-0.2, 0) is 0 Å². The molecule has 0 unspecified atom stereocenters. The second-order valence-electron chi connectivity index (χ2n) is 3.97. The van der Waals surface area contributed by atoms with Crippen molar-refractivity contribution in [3.05, 3.63) is 35.0 Å². The zero-order chi connectivity index (χ0) is 12.6. The van der Waals surface area contributed by atoms with Crippen molar-refractivity contribution in [2.24, 2.45) is 0 Å². The number of aromatic nitrogens is 3. The third kappa shape index (κ3) is 2.22. The Kier molecular flexibility index (Phi) is 2.75. The van der Waals surface area contributed by atoms with Crippen molar-refractivity contribution >= 4 is 5.82 Å². The number of nitrogens with two attached hydrogens (primary N) is 1. The third-order valence-electron chi connectivity index (χ3n) is 2.38. The molecule has 0 spiro atoms. The first-order valence-corrected chi connectivity index (χ1v) is 5.22. The highest BCUT2D eigenvalue weighted by atomic mass is 19.1. The third-order valence-corrected chi connectivity index (χ3v) is 2.38. The van der Waals surface area contributed by atoms with Crippen molar-refractivity contribution in [2.45, 2.75) is 20.8 Å². The van der Waals surface area contributed by atoms with Crippen LogP contribution in [0.15, 0.2) is 12.1 Å². The monoisotopic (exact) mass is 232 g/mol. The normalized spacial score (nSPS) is 10.6. The highest BCUT2D eigenvalue weighted by Gasteiger charge is 2.10. The minimum absolute atomic E-state index is 0.125. The fourth-order valence-corrected chi connectivity index (χ4v) is 1.67. The summed E-state index contributed by atoms with van der Waals surface area (Å²) >= 11 is 0. The molecule has 17 heavy (non-hydrogen) atoms. The van der Waals surface area contributed by atoms with E-state index in [0.717, 1.165) is 17.0 Å². The molecule has 0 amide bonds. The molecule has 2 rings (SSSR count). The van der Waals surface area contributed by atoms with E-state index in [9.17, 15) is 4.39 Å². The molecule has 2 aromatic heterocycles. The van der Waals surface area contributed by atoms with E-state index < -0.39 is 5.82 Å². The molecule has 4 nitrogen and oxygen atoms in total. The topological polar surface area (TPSA) is 64.7 Å². The number of hydrogen-bond donors (Lipinski definition) is 1. The Labute approximate surface area is 98.7 Å². The lowest BCUT2D eigenvalue weighted by Crippen LogP contribution is -2.03. The SMILES string of the molecule is Cc1cc(-c2nc(C)c(F)c(N)n2)cc(C)n1. The van der Waals surface area contributed by atoms with Crippen LogP contribution in [-0.4, -0.2) is 15.0 Å². The Morgan fingerprint density at radius 2 is 1.59 bits per heavy atom. The Bertz CT molecular complexity index is 537. The molecule has 0 atom stereocenters. The maximum atomic E-state index is 13.3. The number of anilines is 1. The van der Waals surface area contributed by atoms with Crippen LogP contribution in [0.4, 0.5) is 10.2 Å². The van der Waals surface area contributed by atoms with Gasteiger partial charge in [-0.15, -0.1) is 0 Å². The van der Waals surface area contributed by atoms with Crippen molar-refractivity contribution in [3.8, 4) is 11.4 Å². The van der Waals surface area contributed by atoms with Gasteiger partial charge in [-0.2, -0.15) is 0 Å². The Hall–Kier alpha value is -2.04. The van der Waals surface area contributed by atoms with Crippen molar-refractivity contribution in [3.63, 3.8) is 0 Å². The van der Waals surface area contributed by atoms with Gasteiger partial charge < -0.3 is 5.73 Å². The number of halogens is 1. The number of aryl methyl sites for hydroxylation is 3. The highest BCUT2D eigenvalue weighted by molar-refractivity contribution is 5.58. The van der Waals surface area contributed by atoms with Gasteiger partial charge in [-0.25, -0.2) is 14.4 Å². The van der Waals surface area contributed by atoms with Gasteiger partial charge in [-0.3, -0.25) is 4.98 Å². The van der Waals surface area contributed by atoms with Crippen molar-refractivity contribution < 1.29 is 4.39 Å². The molecule has 0 aliphatic rings. The van der Waals surface area contributed by atoms with Gasteiger partial charge in [0, 0.05) is 17.0 Å². The molecule has 2 N–H and O–H groups in total. The van der Waals surface area contributed by atoms with Crippen LogP contribution in [0.1, 0.15) is 17.1 Å². The number of pyridine rings is 1. The van der Waals surface area contributed by atoms with E-state index in [-0.39, 0.29) is 11.5 Å². The average molecular weight is 232 g/mol. The summed E-state index contributed by atoms with van der Waals surface area (Å²) < 4.78 is 13.3. The van der Waals surface area contributed by atoms with Gasteiger partial charge in [0.1, 0.15) is 0 Å². The van der Waals surface area contributed by atoms with Gasteiger partial charge >= 0.3 is 0 Å². The van der Waals surface area contributed by atoms with Crippen LogP contribution in [0.2, 0.25) is 0 Å². The molecule has 0 saturated heterocycles. The fraction of sp³-hybridized carbons (Fsp3) is 0.250. The molecule has 88 valence electrons. The zero-order valence-electron chi connectivity index (χ0n) is 9.95. The first-order valence-electron chi connectivity index (χ1n) is 5.22. The smallest absolute Gasteiger partial charge is 0.186 e. The number of nitrogen functional groups attached to an aromatic ring is 1. The van der Waals surface area contributed by atoms with E-state index in [0.29, 0.717) is 5.82 Å². The van der Waals surface area contributed by atoms with Crippen LogP contribution in [0, 0.1) is 26.6 Å². The van der Waals surface area contributed by atoms with E-state index in [1.807, 2.05) is 26.0 Å². The van der Waals surface area contributed by atoms with Gasteiger partial charge in [-0.1, -0.05) is 0 Å². The van der Waals surface area contributed by atoms with Crippen molar-refractivity contribution in [1.82, 2.24) is 15.0 Å². The van der Waals surface area contributed by atoms with E-state index >= 15 is 0 Å². The average Bonchev–Trinajstić information content (AvgIpc) is 2.23. The predicted octanol–water partition coefficient (Wildman–Crippen LogP) is 2.19. The summed E-state index contributed by atoms with van der Waals surface area (Å²) in [6.07, 6.45) is 0. The van der Waals surface area contributed by atoms with Crippen LogP contribution in [0.25, 0.3) is 11.4 Å². The standard InChI is InChI=1S/C12H13FN4/c1-6-4-9(5-7(2)15-6)12-16-8(3)10(13)11(14)17-12/h4-5H,1-3H3,(H2,14,16,17). The van der Waals surface area contributed by atoms with E-state index in [2.05, 4.69) is 15.0 Å². The lowest BCUT2D eigenvalue weighted by molar-refractivity contribution is 0.608. The maximum absolute atomic E-state index is 13.3. The predicted molar refractivity (Wildman–Crippen MR) is 63.8 cm³/mol. The Morgan fingerprint density at radius 1 is 1.00 bits per heavy atom. The first-order chi connectivity index (χ1) is 7.97. The lowest BCUT2D eigenvalue weighted by Gasteiger charge is -2.06. The molecule has 0 aromatic carbocycles. The maximum Gasteiger partial charge on any atom is 0.186 e. The minimum Gasteiger partial charge on any atom is -0.381 e. The Morgan fingerprint density at radius 3 is 2.12 bits per heavy atom. The second kappa shape index (κ2) is 4.08. The van der Waals surface area contributed by atoms with Gasteiger partial charge in [0.2, 0.25) is 0 Å². The fourth-order valence-electron chi connectivity index (χ4n) is 1.67. The van der Waals surface area contributed by atoms with Gasteiger partial charge in [-0.05, 0) is 32.9 Å². The summed E-state index contributed by atoms with van der Waals surface area (Å²) in [6.45, 7) is 5.34. The van der Waals surface area contributed by atoms with E-state index in [1.165, 1.54) is 0 Å². The highest BCUT2D eigenvalue weighted by Crippen LogP contribution is 2.20. The number of nitrogens with zero attached hydrogens (tertiary/aromatic N) is 3. The molecule has 0 fully saturated rings. The molecular weight excluding hydrogens is 219 g/mol. The van der Waals surface area contributed by atoms with Crippen molar-refractivity contribution in [1.29, 1.82) is 0 Å².